The van der Waals surface area contributed by atoms with Crippen LogP contribution in [0.2, 0.25) is 0 Å². The molecule has 5 nitrogen and oxygen atoms in total. The number of hydrogen-bond acceptors (Lipinski definition) is 3. The van der Waals surface area contributed by atoms with Gasteiger partial charge in [0.25, 0.3) is 11.8 Å². The highest BCUT2D eigenvalue weighted by Gasteiger charge is 2.25. The van der Waals surface area contributed by atoms with Crippen molar-refractivity contribution in [2.45, 2.75) is 40.3 Å². The molecule has 1 aliphatic rings. The van der Waals surface area contributed by atoms with E-state index in [-0.39, 0.29) is 24.5 Å². The molecule has 0 spiro atoms. The van der Waals surface area contributed by atoms with E-state index in [0.717, 1.165) is 16.8 Å². The fourth-order valence-electron chi connectivity index (χ4n) is 2.94. The van der Waals surface area contributed by atoms with Crippen LogP contribution in [0.5, 0.6) is 5.75 Å². The quantitative estimate of drug-likeness (QED) is 0.878. The van der Waals surface area contributed by atoms with Gasteiger partial charge in [0.05, 0.1) is 12.2 Å². The maximum atomic E-state index is 12.5. The summed E-state index contributed by atoms with van der Waals surface area (Å²) in [4.78, 5) is 26.6. The average Bonchev–Trinajstić information content (AvgIpc) is 2.64. The maximum Gasteiger partial charge on any atom is 0.265 e. The minimum atomic E-state index is -0.0950. The minimum absolute atomic E-state index is 0.0303. The molecule has 0 fully saturated rings. The first-order valence-corrected chi connectivity index (χ1v) is 9.29. The summed E-state index contributed by atoms with van der Waals surface area (Å²) in [5.41, 5.74) is 3.35. The summed E-state index contributed by atoms with van der Waals surface area (Å²) in [5, 5.41) is 3.02. The highest BCUT2D eigenvalue weighted by molar-refractivity contribution is 5.98. The van der Waals surface area contributed by atoms with Crippen molar-refractivity contribution in [1.29, 1.82) is 0 Å². The van der Waals surface area contributed by atoms with Gasteiger partial charge in [0, 0.05) is 11.6 Å². The summed E-state index contributed by atoms with van der Waals surface area (Å²) >= 11 is 0. The molecule has 5 heteroatoms. The van der Waals surface area contributed by atoms with Gasteiger partial charge in [0.2, 0.25) is 0 Å². The summed E-state index contributed by atoms with van der Waals surface area (Å²) in [7, 11) is 0. The highest BCUT2D eigenvalue weighted by atomic mass is 16.5. The first kappa shape index (κ1) is 19.0. The van der Waals surface area contributed by atoms with Crippen molar-refractivity contribution < 1.29 is 14.3 Å². The van der Waals surface area contributed by atoms with Gasteiger partial charge in [-0.05, 0) is 55.2 Å². The Kier molecular flexibility index (Phi) is 5.49. The van der Waals surface area contributed by atoms with E-state index in [9.17, 15) is 9.59 Å². The number of benzene rings is 2. The van der Waals surface area contributed by atoms with Crippen LogP contribution in [0.15, 0.2) is 42.5 Å². The van der Waals surface area contributed by atoms with Crippen molar-refractivity contribution in [3.63, 3.8) is 0 Å². The summed E-state index contributed by atoms with van der Waals surface area (Å²) in [5.74, 6) is 0.898. The monoisotopic (exact) mass is 366 g/mol. The third-order valence-corrected chi connectivity index (χ3v) is 4.95. The van der Waals surface area contributed by atoms with Crippen molar-refractivity contribution in [2.75, 3.05) is 11.5 Å². The lowest BCUT2D eigenvalue weighted by Crippen LogP contribution is -2.38. The Balaban J connectivity index is 1.81. The van der Waals surface area contributed by atoms with Gasteiger partial charge in [-0.25, -0.2) is 0 Å². The van der Waals surface area contributed by atoms with Gasteiger partial charge < -0.3 is 15.0 Å². The number of rotatable bonds is 5. The van der Waals surface area contributed by atoms with Crippen LogP contribution < -0.4 is 15.0 Å². The molecular formula is C22H26N2O3. The number of hydrogen-bond donors (Lipinski definition) is 1. The highest BCUT2D eigenvalue weighted by Crippen LogP contribution is 2.33. The van der Waals surface area contributed by atoms with Gasteiger partial charge in [-0.2, -0.15) is 0 Å². The number of nitrogens with one attached hydrogen (secondary N) is 1. The largest absolute Gasteiger partial charge is 0.482 e. The van der Waals surface area contributed by atoms with Crippen molar-refractivity contribution in [1.82, 2.24) is 5.32 Å². The second-order valence-electron chi connectivity index (χ2n) is 7.45. The maximum absolute atomic E-state index is 12.5. The van der Waals surface area contributed by atoms with Gasteiger partial charge in [-0.3, -0.25) is 9.59 Å². The zero-order valence-electron chi connectivity index (χ0n) is 16.3. The second kappa shape index (κ2) is 7.82. The second-order valence-corrected chi connectivity index (χ2v) is 7.45. The molecule has 1 atom stereocenters. The molecule has 27 heavy (non-hydrogen) atoms. The molecule has 0 bridgehead atoms. The normalized spacial score (nSPS) is 14.6. The van der Waals surface area contributed by atoms with Gasteiger partial charge in [-0.1, -0.05) is 32.0 Å². The minimum Gasteiger partial charge on any atom is -0.482 e. The van der Waals surface area contributed by atoms with E-state index in [1.807, 2.05) is 50.2 Å². The van der Waals surface area contributed by atoms with Crippen molar-refractivity contribution in [3.8, 4) is 5.75 Å². The molecule has 0 unspecified atom stereocenters. The first-order chi connectivity index (χ1) is 12.8. The molecule has 0 aliphatic carbocycles. The molecule has 0 aromatic heterocycles. The number of aryl methyl sites for hydroxylation is 1. The molecule has 1 heterocycles. The Morgan fingerprint density at radius 3 is 2.70 bits per heavy atom. The zero-order valence-corrected chi connectivity index (χ0v) is 16.3. The summed E-state index contributed by atoms with van der Waals surface area (Å²) in [6, 6.07) is 13.3. The predicted molar refractivity (Wildman–Crippen MR) is 106 cm³/mol. The van der Waals surface area contributed by atoms with E-state index in [1.165, 1.54) is 0 Å². The molecule has 1 N–H and O–H groups in total. The van der Waals surface area contributed by atoms with E-state index in [4.69, 9.17) is 4.74 Å². The van der Waals surface area contributed by atoms with Crippen molar-refractivity contribution >= 4 is 17.5 Å². The average molecular weight is 366 g/mol. The zero-order chi connectivity index (χ0) is 19.6. The topological polar surface area (TPSA) is 58.6 Å². The molecule has 2 aromatic rings. The molecule has 0 saturated carbocycles. The summed E-state index contributed by atoms with van der Waals surface area (Å²) in [6.45, 7) is 8.57. The lowest BCUT2D eigenvalue weighted by molar-refractivity contribution is -0.121. The molecule has 3 rings (SSSR count). The van der Waals surface area contributed by atoms with Crippen LogP contribution in [0.1, 0.15) is 42.3 Å². The summed E-state index contributed by atoms with van der Waals surface area (Å²) < 4.78 is 5.56. The van der Waals surface area contributed by atoms with E-state index < -0.39 is 0 Å². The number of nitrogens with zero attached hydrogens (tertiary/aromatic N) is 1. The van der Waals surface area contributed by atoms with Crippen LogP contribution >= 0.6 is 0 Å². The number of fused-ring (bicyclic) bond motifs is 1. The Labute approximate surface area is 160 Å². The Bertz CT molecular complexity index is 860. The lowest BCUT2D eigenvalue weighted by Gasteiger charge is -2.29. The van der Waals surface area contributed by atoms with Crippen LogP contribution in [-0.4, -0.2) is 24.5 Å². The Hall–Kier alpha value is -2.82. The number of carbonyl (C=O) groups excluding carboxylic acids is 2. The molecule has 0 radical (unpaired) electrons. The smallest absolute Gasteiger partial charge is 0.265 e. The van der Waals surface area contributed by atoms with E-state index >= 15 is 0 Å². The lowest BCUT2D eigenvalue weighted by atomic mass is 10.0. The van der Waals surface area contributed by atoms with Crippen molar-refractivity contribution in [2.24, 2.45) is 5.92 Å². The van der Waals surface area contributed by atoms with Crippen LogP contribution in [-0.2, 0) is 11.3 Å². The van der Waals surface area contributed by atoms with E-state index in [1.54, 1.807) is 11.0 Å². The van der Waals surface area contributed by atoms with Crippen LogP contribution in [0, 0.1) is 12.8 Å². The van der Waals surface area contributed by atoms with Gasteiger partial charge in [0.1, 0.15) is 5.75 Å². The van der Waals surface area contributed by atoms with Crippen LogP contribution in [0.4, 0.5) is 5.69 Å². The standard InChI is InChI=1S/C22H26N2O3/c1-14(2)16(4)23-22(26)18-7-5-6-17(11-18)12-24-19-9-8-15(3)10-20(19)27-13-21(24)25/h5-11,14,16H,12-13H2,1-4H3,(H,23,26)/t16-/m1/s1. The van der Waals surface area contributed by atoms with Crippen molar-refractivity contribution in [3.05, 3.63) is 59.2 Å². The fraction of sp³-hybridized carbons (Fsp3) is 0.364. The molecule has 0 saturated heterocycles. The Morgan fingerprint density at radius 2 is 1.96 bits per heavy atom. The molecule has 2 aromatic carbocycles. The number of amides is 2. The van der Waals surface area contributed by atoms with Gasteiger partial charge in [0.15, 0.2) is 6.61 Å². The molecule has 142 valence electrons. The molecular weight excluding hydrogens is 340 g/mol. The number of anilines is 1. The fourth-order valence-corrected chi connectivity index (χ4v) is 2.94. The van der Waals surface area contributed by atoms with Crippen LogP contribution in [0.25, 0.3) is 0 Å². The number of ether oxygens (including phenoxy) is 1. The van der Waals surface area contributed by atoms with Gasteiger partial charge >= 0.3 is 0 Å². The van der Waals surface area contributed by atoms with Gasteiger partial charge in [-0.15, -0.1) is 0 Å². The first-order valence-electron chi connectivity index (χ1n) is 9.29. The molecule has 1 aliphatic heterocycles. The van der Waals surface area contributed by atoms with E-state index in [0.29, 0.717) is 23.8 Å². The van der Waals surface area contributed by atoms with Crippen LogP contribution in [0.3, 0.4) is 0 Å². The Morgan fingerprint density at radius 1 is 1.19 bits per heavy atom. The summed E-state index contributed by atoms with van der Waals surface area (Å²) in [6.07, 6.45) is 0. The SMILES string of the molecule is Cc1ccc2c(c1)OCC(=O)N2Cc1cccc(C(=O)N[C@H](C)C(C)C)c1. The third kappa shape index (κ3) is 4.30. The predicted octanol–water partition coefficient (Wildman–Crippen LogP) is 3.69. The number of carbonyl (C=O) groups is 2. The molecule has 2 amide bonds. The third-order valence-electron chi connectivity index (χ3n) is 4.95. The van der Waals surface area contributed by atoms with E-state index in [2.05, 4.69) is 19.2 Å².